The third kappa shape index (κ3) is 3.21. The van der Waals surface area contributed by atoms with E-state index in [2.05, 4.69) is 14.7 Å². The summed E-state index contributed by atoms with van der Waals surface area (Å²) >= 11 is 0. The standard InChI is InChI=1S/C21H21N3O3S/c25-28(26,17-9-7-14-4-1-2-5-15(14)12-17)24-16-8-10-18-19(13-16)23-21(22-18)20-6-3-11-27-20/h1-2,4-5,8,10,12-13,20,24H,3,6-7,9,11H2,(H,22,23). The third-order valence-corrected chi connectivity index (χ3v) is 6.86. The van der Waals surface area contributed by atoms with E-state index in [1.807, 2.05) is 30.3 Å². The molecule has 2 N–H and O–H groups in total. The lowest BCUT2D eigenvalue weighted by atomic mass is 9.98. The first-order chi connectivity index (χ1) is 13.6. The minimum absolute atomic E-state index is 0.00000409. The van der Waals surface area contributed by atoms with Crippen molar-refractivity contribution >= 4 is 32.8 Å². The summed E-state index contributed by atoms with van der Waals surface area (Å²) in [6.07, 6.45) is 4.99. The largest absolute Gasteiger partial charge is 0.370 e. The van der Waals surface area contributed by atoms with Crippen LogP contribution in [-0.2, 0) is 21.2 Å². The maximum Gasteiger partial charge on any atom is 0.258 e. The molecule has 3 aromatic rings. The van der Waals surface area contributed by atoms with Crippen LogP contribution in [-0.4, -0.2) is 25.0 Å². The molecular weight excluding hydrogens is 374 g/mol. The lowest BCUT2D eigenvalue weighted by molar-refractivity contribution is 0.106. The Morgan fingerprint density at radius 1 is 1.14 bits per heavy atom. The first-order valence-electron chi connectivity index (χ1n) is 9.51. The smallest absolute Gasteiger partial charge is 0.258 e. The molecule has 1 saturated heterocycles. The van der Waals surface area contributed by atoms with Crippen molar-refractivity contribution in [2.75, 3.05) is 11.3 Å². The molecule has 1 fully saturated rings. The number of rotatable bonds is 4. The lowest BCUT2D eigenvalue weighted by Crippen LogP contribution is -2.17. The molecule has 0 amide bonds. The molecular formula is C21H21N3O3S. The second kappa shape index (κ2) is 6.76. The van der Waals surface area contributed by atoms with Crippen LogP contribution in [0.3, 0.4) is 0 Å². The first-order valence-corrected chi connectivity index (χ1v) is 11.0. The topological polar surface area (TPSA) is 84.1 Å². The number of anilines is 1. The highest BCUT2D eigenvalue weighted by atomic mass is 32.2. The summed E-state index contributed by atoms with van der Waals surface area (Å²) in [4.78, 5) is 8.26. The maximum atomic E-state index is 12.9. The van der Waals surface area contributed by atoms with Crippen molar-refractivity contribution in [3.05, 3.63) is 64.3 Å². The highest BCUT2D eigenvalue weighted by molar-refractivity contribution is 7.96. The van der Waals surface area contributed by atoms with Crippen LogP contribution in [0.25, 0.3) is 17.1 Å². The van der Waals surface area contributed by atoms with E-state index in [9.17, 15) is 8.42 Å². The van der Waals surface area contributed by atoms with Crippen LogP contribution in [0.2, 0.25) is 0 Å². The van der Waals surface area contributed by atoms with Gasteiger partial charge in [0.25, 0.3) is 10.0 Å². The molecule has 5 rings (SSSR count). The Hall–Kier alpha value is -2.64. The number of hydrogen-bond donors (Lipinski definition) is 2. The van der Waals surface area contributed by atoms with Crippen LogP contribution in [0.4, 0.5) is 5.69 Å². The van der Waals surface area contributed by atoms with Crippen molar-refractivity contribution < 1.29 is 13.2 Å². The van der Waals surface area contributed by atoms with Crippen LogP contribution in [0.1, 0.15) is 42.3 Å². The van der Waals surface area contributed by atoms with Crippen molar-refractivity contribution in [3.8, 4) is 0 Å². The van der Waals surface area contributed by atoms with Crippen molar-refractivity contribution in [2.45, 2.75) is 31.8 Å². The summed E-state index contributed by atoms with van der Waals surface area (Å²) < 4.78 is 34.2. The van der Waals surface area contributed by atoms with Crippen molar-refractivity contribution in [1.29, 1.82) is 0 Å². The predicted octanol–water partition coefficient (Wildman–Crippen LogP) is 4.14. The van der Waals surface area contributed by atoms with Gasteiger partial charge in [-0.3, -0.25) is 4.72 Å². The van der Waals surface area contributed by atoms with Gasteiger partial charge < -0.3 is 9.72 Å². The SMILES string of the molecule is O=S(=O)(Nc1ccc2nc(C3CCCO3)[nH]c2c1)C1=Cc2ccccc2CC1. The summed E-state index contributed by atoms with van der Waals surface area (Å²) in [5.74, 6) is 0.805. The zero-order chi connectivity index (χ0) is 19.1. The van der Waals surface area contributed by atoms with Crippen LogP contribution >= 0.6 is 0 Å². The number of benzene rings is 2. The number of allylic oxidation sites excluding steroid dienone is 1. The Balaban J connectivity index is 1.42. The van der Waals surface area contributed by atoms with Crippen molar-refractivity contribution in [2.24, 2.45) is 0 Å². The van der Waals surface area contributed by atoms with E-state index in [1.165, 1.54) is 5.56 Å². The Kier molecular flexibility index (Phi) is 4.21. The van der Waals surface area contributed by atoms with Gasteiger partial charge in [-0.15, -0.1) is 0 Å². The fraction of sp³-hybridized carbons (Fsp3) is 0.286. The van der Waals surface area contributed by atoms with Gasteiger partial charge in [0.2, 0.25) is 0 Å². The molecule has 1 aliphatic heterocycles. The molecule has 1 atom stereocenters. The molecule has 2 heterocycles. The number of nitrogens with one attached hydrogen (secondary N) is 2. The normalized spacial score (nSPS) is 19.4. The van der Waals surface area contributed by atoms with Crippen LogP contribution < -0.4 is 4.72 Å². The Morgan fingerprint density at radius 2 is 2.04 bits per heavy atom. The van der Waals surface area contributed by atoms with Gasteiger partial charge in [-0.2, -0.15) is 0 Å². The molecule has 0 radical (unpaired) electrons. The predicted molar refractivity (Wildman–Crippen MR) is 109 cm³/mol. The lowest BCUT2D eigenvalue weighted by Gasteiger charge is -2.17. The van der Waals surface area contributed by atoms with Crippen molar-refractivity contribution in [1.82, 2.24) is 9.97 Å². The van der Waals surface area contributed by atoms with Crippen LogP contribution in [0.15, 0.2) is 47.4 Å². The molecule has 2 aromatic carbocycles. The zero-order valence-electron chi connectivity index (χ0n) is 15.3. The molecule has 1 aromatic heterocycles. The molecule has 6 nitrogen and oxygen atoms in total. The number of nitrogens with zero attached hydrogens (tertiary/aromatic N) is 1. The van der Waals surface area contributed by atoms with Crippen molar-refractivity contribution in [3.63, 3.8) is 0 Å². The summed E-state index contributed by atoms with van der Waals surface area (Å²) in [5.41, 5.74) is 4.28. The number of sulfonamides is 1. The number of aryl methyl sites for hydroxylation is 1. The number of imidazole rings is 1. The number of hydrogen-bond acceptors (Lipinski definition) is 4. The molecule has 2 aliphatic rings. The third-order valence-electron chi connectivity index (χ3n) is 5.34. The van der Waals surface area contributed by atoms with Gasteiger partial charge in [0.05, 0.1) is 21.6 Å². The van der Waals surface area contributed by atoms with Gasteiger partial charge in [0.1, 0.15) is 11.9 Å². The maximum absolute atomic E-state index is 12.9. The summed E-state index contributed by atoms with van der Waals surface area (Å²) in [6.45, 7) is 0.755. The molecule has 1 unspecified atom stereocenters. The second-order valence-electron chi connectivity index (χ2n) is 7.27. The molecule has 0 bridgehead atoms. The molecule has 0 saturated carbocycles. The quantitative estimate of drug-likeness (QED) is 0.695. The number of H-pyrrole nitrogens is 1. The number of fused-ring (bicyclic) bond motifs is 2. The fourth-order valence-corrected chi connectivity index (χ4v) is 5.10. The Morgan fingerprint density at radius 3 is 2.89 bits per heavy atom. The Bertz CT molecular complexity index is 1170. The minimum atomic E-state index is -3.60. The molecule has 1 aliphatic carbocycles. The number of ether oxygens (including phenoxy) is 1. The van der Waals surface area contributed by atoms with E-state index in [0.29, 0.717) is 17.0 Å². The Labute approximate surface area is 163 Å². The zero-order valence-corrected chi connectivity index (χ0v) is 16.1. The summed E-state index contributed by atoms with van der Waals surface area (Å²) in [5, 5.41) is 0. The number of aromatic amines is 1. The van der Waals surface area contributed by atoms with Gasteiger partial charge in [-0.1, -0.05) is 24.3 Å². The summed E-state index contributed by atoms with van der Waals surface area (Å²) in [7, 11) is -3.60. The average molecular weight is 395 g/mol. The molecule has 0 spiro atoms. The average Bonchev–Trinajstić information content (AvgIpc) is 3.36. The van der Waals surface area contributed by atoms with Gasteiger partial charge >= 0.3 is 0 Å². The van der Waals surface area contributed by atoms with Gasteiger partial charge in [-0.25, -0.2) is 13.4 Å². The minimum Gasteiger partial charge on any atom is -0.370 e. The highest BCUT2D eigenvalue weighted by Crippen LogP contribution is 2.30. The van der Waals surface area contributed by atoms with Gasteiger partial charge in [0.15, 0.2) is 0 Å². The second-order valence-corrected chi connectivity index (χ2v) is 9.01. The monoisotopic (exact) mass is 395 g/mol. The van der Waals surface area contributed by atoms with Crippen LogP contribution in [0, 0.1) is 0 Å². The van der Waals surface area contributed by atoms with E-state index < -0.39 is 10.0 Å². The van der Waals surface area contributed by atoms with E-state index in [-0.39, 0.29) is 6.10 Å². The number of aromatic nitrogens is 2. The first kappa shape index (κ1) is 17.5. The fourth-order valence-electron chi connectivity index (χ4n) is 3.88. The summed E-state index contributed by atoms with van der Waals surface area (Å²) in [6, 6.07) is 13.3. The molecule has 28 heavy (non-hydrogen) atoms. The van der Waals surface area contributed by atoms with E-state index in [4.69, 9.17) is 4.74 Å². The molecule has 144 valence electrons. The van der Waals surface area contributed by atoms with Gasteiger partial charge in [-0.05, 0) is 61.1 Å². The van der Waals surface area contributed by atoms with E-state index in [1.54, 1.807) is 18.2 Å². The highest BCUT2D eigenvalue weighted by Gasteiger charge is 2.23. The van der Waals surface area contributed by atoms with Crippen LogP contribution in [0.5, 0.6) is 0 Å². The van der Waals surface area contributed by atoms with E-state index >= 15 is 0 Å². The van der Waals surface area contributed by atoms with E-state index in [0.717, 1.165) is 48.3 Å². The van der Waals surface area contributed by atoms with Gasteiger partial charge in [0, 0.05) is 6.61 Å². The molecule has 7 heteroatoms.